The Kier molecular flexibility index (Phi) is 4.59. The number of nitrogens with zero attached hydrogens (tertiary/aromatic N) is 2. The van der Waals surface area contributed by atoms with E-state index < -0.39 is 0 Å². The molecule has 4 heteroatoms. The van der Waals surface area contributed by atoms with Gasteiger partial charge in [0.25, 0.3) is 0 Å². The Morgan fingerprint density at radius 3 is 2.38 bits per heavy atom. The number of aliphatic hydroxyl groups excluding tert-OH is 1. The summed E-state index contributed by atoms with van der Waals surface area (Å²) in [6.07, 6.45) is 1.50. The van der Waals surface area contributed by atoms with Crippen molar-refractivity contribution >= 4 is 6.08 Å². The molecule has 0 aliphatic carbocycles. The summed E-state index contributed by atoms with van der Waals surface area (Å²) in [5.74, 6) is 0.640. The maximum atomic E-state index is 8.56. The fourth-order valence-corrected chi connectivity index (χ4v) is 1.08. The predicted molar refractivity (Wildman–Crippen MR) is 58.2 cm³/mol. The Labute approximate surface area is 93.6 Å². The summed E-state index contributed by atoms with van der Waals surface area (Å²) >= 11 is 0. The smallest absolute Gasteiger partial charge is 0.130 e. The van der Waals surface area contributed by atoms with Crippen molar-refractivity contribution in [3.63, 3.8) is 0 Å². The van der Waals surface area contributed by atoms with E-state index in [1.807, 2.05) is 0 Å². The van der Waals surface area contributed by atoms with E-state index in [4.69, 9.17) is 20.4 Å². The van der Waals surface area contributed by atoms with Crippen molar-refractivity contribution in [2.24, 2.45) is 0 Å². The van der Waals surface area contributed by atoms with Crippen LogP contribution in [0.5, 0.6) is 5.75 Å². The van der Waals surface area contributed by atoms with Gasteiger partial charge in [-0.05, 0) is 23.8 Å². The highest BCUT2D eigenvalue weighted by atomic mass is 16.5. The predicted octanol–water partition coefficient (Wildman–Crippen LogP) is 1.49. The van der Waals surface area contributed by atoms with E-state index in [2.05, 4.69) is 0 Å². The molecule has 0 amide bonds. The molecule has 0 saturated heterocycles. The third kappa shape index (κ3) is 3.45. The summed E-state index contributed by atoms with van der Waals surface area (Å²) in [5, 5.41) is 25.7. The van der Waals surface area contributed by atoms with Crippen LogP contribution in [0.4, 0.5) is 0 Å². The quantitative estimate of drug-likeness (QED) is 0.770. The van der Waals surface area contributed by atoms with Crippen LogP contribution >= 0.6 is 0 Å². The average molecular weight is 214 g/mol. The summed E-state index contributed by atoms with van der Waals surface area (Å²) in [4.78, 5) is 0. The minimum absolute atomic E-state index is 0.0331. The van der Waals surface area contributed by atoms with Gasteiger partial charge in [0.05, 0.1) is 6.61 Å². The molecule has 1 aromatic carbocycles. The van der Waals surface area contributed by atoms with Crippen molar-refractivity contribution in [2.75, 3.05) is 13.2 Å². The second-order valence-electron chi connectivity index (χ2n) is 2.92. The lowest BCUT2D eigenvalue weighted by molar-refractivity contribution is 0.201. The number of benzene rings is 1. The Morgan fingerprint density at radius 1 is 1.25 bits per heavy atom. The monoisotopic (exact) mass is 214 g/mol. The number of ether oxygens (including phenoxy) is 1. The molecule has 0 spiro atoms. The van der Waals surface area contributed by atoms with Crippen molar-refractivity contribution in [3.05, 3.63) is 35.4 Å². The summed E-state index contributed by atoms with van der Waals surface area (Å²) in [5.41, 5.74) is 0.818. The van der Waals surface area contributed by atoms with Gasteiger partial charge in [-0.1, -0.05) is 12.1 Å². The van der Waals surface area contributed by atoms with Crippen LogP contribution in [0.15, 0.2) is 29.8 Å². The lowest BCUT2D eigenvalue weighted by Gasteiger charge is -2.03. The van der Waals surface area contributed by atoms with Crippen LogP contribution in [0.2, 0.25) is 0 Å². The van der Waals surface area contributed by atoms with Crippen LogP contribution in [-0.2, 0) is 0 Å². The minimum Gasteiger partial charge on any atom is -0.491 e. The molecular formula is C12H10N2O2. The molecule has 0 aliphatic rings. The number of hydrogen-bond donors (Lipinski definition) is 1. The molecule has 0 fully saturated rings. The first-order valence-electron chi connectivity index (χ1n) is 4.65. The molecule has 0 radical (unpaired) electrons. The number of nitriles is 2. The van der Waals surface area contributed by atoms with Gasteiger partial charge in [0.15, 0.2) is 0 Å². The Bertz CT molecular complexity index is 433. The Balaban J connectivity index is 2.77. The summed E-state index contributed by atoms with van der Waals surface area (Å²) in [7, 11) is 0. The van der Waals surface area contributed by atoms with Crippen LogP contribution in [0.25, 0.3) is 6.08 Å². The van der Waals surface area contributed by atoms with Crippen LogP contribution in [-0.4, -0.2) is 18.3 Å². The number of aliphatic hydroxyl groups is 1. The standard InChI is InChI=1S/C12H10N2O2/c13-8-11(9-14)7-10-1-3-12(4-2-10)16-6-5-15/h1-4,7,15H,5-6H2. The summed E-state index contributed by atoms with van der Waals surface area (Å²) in [6, 6.07) is 10.5. The molecule has 0 bridgehead atoms. The van der Waals surface area contributed by atoms with Gasteiger partial charge < -0.3 is 9.84 Å². The molecule has 0 aromatic heterocycles. The molecule has 0 atom stereocenters. The summed E-state index contributed by atoms with van der Waals surface area (Å²) in [6.45, 7) is 0.214. The van der Waals surface area contributed by atoms with E-state index in [1.165, 1.54) is 6.08 Å². The van der Waals surface area contributed by atoms with Crippen LogP contribution in [0.3, 0.4) is 0 Å². The van der Waals surface area contributed by atoms with Crippen LogP contribution < -0.4 is 4.74 Å². The van der Waals surface area contributed by atoms with Crippen LogP contribution in [0, 0.1) is 22.7 Å². The zero-order valence-corrected chi connectivity index (χ0v) is 8.55. The van der Waals surface area contributed by atoms with Gasteiger partial charge in [-0.25, -0.2) is 0 Å². The molecule has 80 valence electrons. The second kappa shape index (κ2) is 6.23. The first kappa shape index (κ1) is 11.8. The van der Waals surface area contributed by atoms with Crippen molar-refractivity contribution in [1.82, 2.24) is 0 Å². The highest BCUT2D eigenvalue weighted by molar-refractivity contribution is 5.62. The van der Waals surface area contributed by atoms with Crippen LogP contribution in [0.1, 0.15) is 5.56 Å². The van der Waals surface area contributed by atoms with E-state index in [0.29, 0.717) is 5.75 Å². The molecule has 0 aliphatic heterocycles. The van der Waals surface area contributed by atoms with Crippen molar-refractivity contribution in [3.8, 4) is 17.9 Å². The molecule has 0 heterocycles. The highest BCUT2D eigenvalue weighted by Gasteiger charge is 1.95. The first-order valence-corrected chi connectivity index (χ1v) is 4.65. The van der Waals surface area contributed by atoms with Gasteiger partial charge in [0, 0.05) is 0 Å². The van der Waals surface area contributed by atoms with Crippen molar-refractivity contribution < 1.29 is 9.84 Å². The molecule has 1 N–H and O–H groups in total. The van der Waals surface area contributed by atoms with Gasteiger partial charge in [-0.2, -0.15) is 10.5 Å². The molecule has 0 unspecified atom stereocenters. The van der Waals surface area contributed by atoms with Gasteiger partial charge in [0.2, 0.25) is 0 Å². The maximum absolute atomic E-state index is 8.56. The molecule has 4 nitrogen and oxygen atoms in total. The Morgan fingerprint density at radius 2 is 1.88 bits per heavy atom. The van der Waals surface area contributed by atoms with Gasteiger partial charge >= 0.3 is 0 Å². The van der Waals surface area contributed by atoms with E-state index in [0.717, 1.165) is 5.56 Å². The third-order valence-electron chi connectivity index (χ3n) is 1.79. The number of allylic oxidation sites excluding steroid dienone is 1. The van der Waals surface area contributed by atoms with Gasteiger partial charge in [0.1, 0.15) is 30.1 Å². The lowest BCUT2D eigenvalue weighted by atomic mass is 10.1. The first-order chi connectivity index (χ1) is 7.80. The zero-order valence-electron chi connectivity index (χ0n) is 8.55. The van der Waals surface area contributed by atoms with E-state index >= 15 is 0 Å². The normalized spacial score (nSPS) is 8.69. The second-order valence-corrected chi connectivity index (χ2v) is 2.92. The topological polar surface area (TPSA) is 77.0 Å². The fraction of sp³-hybridized carbons (Fsp3) is 0.167. The number of hydrogen-bond acceptors (Lipinski definition) is 4. The van der Waals surface area contributed by atoms with Crippen molar-refractivity contribution in [2.45, 2.75) is 0 Å². The van der Waals surface area contributed by atoms with Gasteiger partial charge in [-0.3, -0.25) is 0 Å². The molecule has 1 aromatic rings. The highest BCUT2D eigenvalue weighted by Crippen LogP contribution is 2.14. The SMILES string of the molecule is N#CC(C#N)=Cc1ccc(OCCO)cc1. The van der Waals surface area contributed by atoms with E-state index in [-0.39, 0.29) is 18.8 Å². The van der Waals surface area contributed by atoms with Gasteiger partial charge in [-0.15, -0.1) is 0 Å². The third-order valence-corrected chi connectivity index (χ3v) is 1.79. The van der Waals surface area contributed by atoms with Crippen molar-refractivity contribution in [1.29, 1.82) is 10.5 Å². The largest absolute Gasteiger partial charge is 0.491 e. The molecule has 1 rings (SSSR count). The fourth-order valence-electron chi connectivity index (χ4n) is 1.08. The summed E-state index contributed by atoms with van der Waals surface area (Å²) < 4.78 is 5.17. The van der Waals surface area contributed by atoms with E-state index in [9.17, 15) is 0 Å². The van der Waals surface area contributed by atoms with E-state index in [1.54, 1.807) is 36.4 Å². The Hall–Kier alpha value is -2.30. The molecule has 0 saturated carbocycles. The minimum atomic E-state index is -0.0331. The molecule has 16 heavy (non-hydrogen) atoms. The maximum Gasteiger partial charge on any atom is 0.130 e. The molecular weight excluding hydrogens is 204 g/mol. The number of rotatable bonds is 4. The zero-order chi connectivity index (χ0) is 11.8. The lowest BCUT2D eigenvalue weighted by Crippen LogP contribution is -2.01. The average Bonchev–Trinajstić information content (AvgIpc) is 2.35.